The fourth-order valence-electron chi connectivity index (χ4n) is 0.918. The van der Waals surface area contributed by atoms with E-state index in [4.69, 9.17) is 11.6 Å². The smallest absolute Gasteiger partial charge is 0.126 e. The lowest BCUT2D eigenvalue weighted by Crippen LogP contribution is -2.19. The molecule has 0 fully saturated rings. The molecule has 78 valence electrons. The van der Waals surface area contributed by atoms with Gasteiger partial charge in [-0.1, -0.05) is 13.8 Å². The van der Waals surface area contributed by atoms with E-state index in [0.29, 0.717) is 5.92 Å². The number of pyridine rings is 1. The van der Waals surface area contributed by atoms with E-state index in [1.165, 1.54) is 0 Å². The second kappa shape index (κ2) is 5.56. The third kappa shape index (κ3) is 3.84. The molecule has 4 heteroatoms. The number of hydrogen-bond acceptors (Lipinski definition) is 2. The number of aromatic nitrogens is 1. The third-order valence-corrected chi connectivity index (χ3v) is 3.06. The molecular formula is C10H14BrClN2. The molecule has 1 atom stereocenters. The van der Waals surface area contributed by atoms with E-state index in [1.807, 2.05) is 12.1 Å². The summed E-state index contributed by atoms with van der Waals surface area (Å²) in [6, 6.07) is 3.88. The first-order valence-corrected chi connectivity index (χ1v) is 5.82. The summed E-state index contributed by atoms with van der Waals surface area (Å²) in [6.07, 6.45) is 1.76. The average molecular weight is 278 g/mol. The Morgan fingerprint density at radius 2 is 2.21 bits per heavy atom. The van der Waals surface area contributed by atoms with Gasteiger partial charge >= 0.3 is 0 Å². The summed E-state index contributed by atoms with van der Waals surface area (Å²) in [5.74, 6) is 1.33. The second-order valence-corrected chi connectivity index (χ2v) is 4.98. The number of nitrogens with one attached hydrogen (secondary N) is 1. The van der Waals surface area contributed by atoms with Gasteiger partial charge in [-0.2, -0.15) is 0 Å². The van der Waals surface area contributed by atoms with Gasteiger partial charge in [0.2, 0.25) is 0 Å². The van der Waals surface area contributed by atoms with Gasteiger partial charge in [0.1, 0.15) is 5.82 Å². The van der Waals surface area contributed by atoms with E-state index in [1.54, 1.807) is 6.20 Å². The standard InChI is InChI=1S/C10H14BrClN2/c1-7(2)9(12)6-14-10-4-3-8(11)5-13-10/h3-5,7,9H,6H2,1-2H3,(H,13,14). The van der Waals surface area contributed by atoms with Crippen molar-refractivity contribution in [3.8, 4) is 0 Å². The summed E-state index contributed by atoms with van der Waals surface area (Å²) in [6.45, 7) is 4.95. The lowest BCUT2D eigenvalue weighted by atomic mass is 10.1. The molecule has 0 saturated carbocycles. The first-order chi connectivity index (χ1) is 6.59. The fraction of sp³-hybridized carbons (Fsp3) is 0.500. The summed E-state index contributed by atoms with van der Waals surface area (Å²) in [5, 5.41) is 3.33. The van der Waals surface area contributed by atoms with Crippen molar-refractivity contribution >= 4 is 33.3 Å². The van der Waals surface area contributed by atoms with Gasteiger partial charge in [0.05, 0.1) is 5.38 Å². The van der Waals surface area contributed by atoms with Crippen molar-refractivity contribution in [2.75, 3.05) is 11.9 Å². The van der Waals surface area contributed by atoms with Gasteiger partial charge in [0.15, 0.2) is 0 Å². The van der Waals surface area contributed by atoms with Crippen molar-refractivity contribution in [2.45, 2.75) is 19.2 Å². The van der Waals surface area contributed by atoms with Gasteiger partial charge in [0.25, 0.3) is 0 Å². The van der Waals surface area contributed by atoms with Gasteiger partial charge < -0.3 is 5.32 Å². The van der Waals surface area contributed by atoms with Crippen molar-refractivity contribution in [2.24, 2.45) is 5.92 Å². The normalized spacial score (nSPS) is 12.9. The van der Waals surface area contributed by atoms with Crippen LogP contribution in [0.5, 0.6) is 0 Å². The summed E-state index contributed by atoms with van der Waals surface area (Å²) >= 11 is 9.43. The minimum atomic E-state index is 0.139. The summed E-state index contributed by atoms with van der Waals surface area (Å²) in [7, 11) is 0. The molecule has 0 aliphatic carbocycles. The predicted molar refractivity (Wildman–Crippen MR) is 64.9 cm³/mol. The molecule has 0 spiro atoms. The van der Waals surface area contributed by atoms with E-state index in [0.717, 1.165) is 16.8 Å². The van der Waals surface area contributed by atoms with Crippen LogP contribution in [0.1, 0.15) is 13.8 Å². The van der Waals surface area contributed by atoms with Crippen LogP contribution < -0.4 is 5.32 Å². The van der Waals surface area contributed by atoms with E-state index in [2.05, 4.69) is 40.1 Å². The highest BCUT2D eigenvalue weighted by molar-refractivity contribution is 9.10. The van der Waals surface area contributed by atoms with Crippen LogP contribution in [0.2, 0.25) is 0 Å². The van der Waals surface area contributed by atoms with Crippen LogP contribution in [-0.2, 0) is 0 Å². The van der Waals surface area contributed by atoms with Crippen LogP contribution in [0.25, 0.3) is 0 Å². The van der Waals surface area contributed by atoms with Gasteiger partial charge in [-0.3, -0.25) is 0 Å². The Bertz CT molecular complexity index is 274. The van der Waals surface area contributed by atoms with Crippen LogP contribution in [0.4, 0.5) is 5.82 Å². The Balaban J connectivity index is 2.42. The molecule has 0 bridgehead atoms. The maximum absolute atomic E-state index is 6.10. The molecule has 1 unspecified atom stereocenters. The lowest BCUT2D eigenvalue weighted by Gasteiger charge is -2.14. The highest BCUT2D eigenvalue weighted by atomic mass is 79.9. The van der Waals surface area contributed by atoms with Crippen molar-refractivity contribution in [1.29, 1.82) is 0 Å². The molecule has 1 rings (SSSR count). The molecule has 0 aliphatic rings. The molecule has 0 aromatic carbocycles. The fourth-order valence-corrected chi connectivity index (χ4v) is 1.23. The van der Waals surface area contributed by atoms with E-state index in [-0.39, 0.29) is 5.38 Å². The molecule has 1 heterocycles. The zero-order valence-corrected chi connectivity index (χ0v) is 10.6. The lowest BCUT2D eigenvalue weighted by molar-refractivity contribution is 0.615. The molecule has 0 saturated heterocycles. The quantitative estimate of drug-likeness (QED) is 0.852. The van der Waals surface area contributed by atoms with Crippen LogP contribution >= 0.6 is 27.5 Å². The van der Waals surface area contributed by atoms with Crippen LogP contribution in [0.3, 0.4) is 0 Å². The van der Waals surface area contributed by atoms with Crippen molar-refractivity contribution in [1.82, 2.24) is 4.98 Å². The number of halogens is 2. The van der Waals surface area contributed by atoms with Crippen molar-refractivity contribution in [3.05, 3.63) is 22.8 Å². The molecule has 1 aromatic heterocycles. The minimum absolute atomic E-state index is 0.139. The minimum Gasteiger partial charge on any atom is -0.369 e. The SMILES string of the molecule is CC(C)C(Cl)CNc1ccc(Br)cn1. The Kier molecular flexibility index (Phi) is 4.69. The van der Waals surface area contributed by atoms with E-state index in [9.17, 15) is 0 Å². The summed E-state index contributed by atoms with van der Waals surface area (Å²) in [4.78, 5) is 4.19. The number of nitrogens with zero attached hydrogens (tertiary/aromatic N) is 1. The van der Waals surface area contributed by atoms with E-state index < -0.39 is 0 Å². The summed E-state index contributed by atoms with van der Waals surface area (Å²) < 4.78 is 0.981. The number of alkyl halides is 1. The number of anilines is 1. The first-order valence-electron chi connectivity index (χ1n) is 4.59. The Labute approximate surface area is 98.2 Å². The molecule has 14 heavy (non-hydrogen) atoms. The molecule has 0 radical (unpaired) electrons. The molecule has 0 amide bonds. The Morgan fingerprint density at radius 3 is 2.71 bits per heavy atom. The molecule has 1 N–H and O–H groups in total. The summed E-state index contributed by atoms with van der Waals surface area (Å²) in [5.41, 5.74) is 0. The maximum atomic E-state index is 6.10. The maximum Gasteiger partial charge on any atom is 0.126 e. The molecular weight excluding hydrogens is 263 g/mol. The number of hydrogen-bond donors (Lipinski definition) is 1. The van der Waals surface area contributed by atoms with Gasteiger partial charge in [-0.05, 0) is 34.0 Å². The zero-order valence-electron chi connectivity index (χ0n) is 8.30. The molecule has 0 aliphatic heterocycles. The largest absolute Gasteiger partial charge is 0.369 e. The topological polar surface area (TPSA) is 24.9 Å². The molecule has 1 aromatic rings. The van der Waals surface area contributed by atoms with Crippen LogP contribution in [0, 0.1) is 5.92 Å². The van der Waals surface area contributed by atoms with Gasteiger partial charge in [-0.15, -0.1) is 11.6 Å². The predicted octanol–water partition coefficient (Wildman–Crippen LogP) is 3.52. The average Bonchev–Trinajstić information content (AvgIpc) is 2.16. The van der Waals surface area contributed by atoms with Gasteiger partial charge in [0, 0.05) is 17.2 Å². The van der Waals surface area contributed by atoms with Crippen LogP contribution in [-0.4, -0.2) is 16.9 Å². The van der Waals surface area contributed by atoms with Gasteiger partial charge in [-0.25, -0.2) is 4.98 Å². The first kappa shape index (κ1) is 11.8. The Hall–Kier alpha value is -0.280. The highest BCUT2D eigenvalue weighted by Gasteiger charge is 2.08. The Morgan fingerprint density at radius 1 is 1.50 bits per heavy atom. The van der Waals surface area contributed by atoms with Crippen molar-refractivity contribution in [3.63, 3.8) is 0 Å². The number of rotatable bonds is 4. The van der Waals surface area contributed by atoms with Crippen LogP contribution in [0.15, 0.2) is 22.8 Å². The second-order valence-electron chi connectivity index (χ2n) is 3.50. The van der Waals surface area contributed by atoms with E-state index >= 15 is 0 Å². The highest BCUT2D eigenvalue weighted by Crippen LogP contribution is 2.13. The monoisotopic (exact) mass is 276 g/mol. The third-order valence-electron chi connectivity index (χ3n) is 1.93. The molecule has 2 nitrogen and oxygen atoms in total. The zero-order chi connectivity index (χ0) is 10.6. The van der Waals surface area contributed by atoms with Crippen molar-refractivity contribution < 1.29 is 0 Å².